The maximum absolute atomic E-state index is 10.9. The lowest BCUT2D eigenvalue weighted by molar-refractivity contribution is -0.782. The van der Waals surface area contributed by atoms with E-state index >= 15 is 0 Å². The van der Waals surface area contributed by atoms with E-state index in [9.17, 15) is 5.21 Å². The van der Waals surface area contributed by atoms with Crippen LogP contribution in [-0.2, 0) is 0 Å². The first-order valence-electron chi connectivity index (χ1n) is 3.03. The third-order valence-electron chi connectivity index (χ3n) is 1.44. The van der Waals surface area contributed by atoms with Gasteiger partial charge in [-0.15, -0.1) is 0 Å². The van der Waals surface area contributed by atoms with Gasteiger partial charge in [-0.25, -0.2) is 0 Å². The van der Waals surface area contributed by atoms with E-state index < -0.39 is 0 Å². The molecule has 0 unspecified atom stereocenters. The Kier molecular flexibility index (Phi) is 1.69. The van der Waals surface area contributed by atoms with Gasteiger partial charge in [0.05, 0.1) is 0 Å². The summed E-state index contributed by atoms with van der Waals surface area (Å²) in [4.78, 5) is 0.280. The molecule has 0 aliphatic heterocycles. The molecule has 0 aliphatic rings. The number of fused-ring (bicyclic) bond motifs is 1. The lowest BCUT2D eigenvalue weighted by Crippen LogP contribution is -2.22. The Balaban J connectivity index is 2.96. The van der Waals surface area contributed by atoms with E-state index in [1.165, 1.54) is 0 Å². The number of rotatable bonds is 0. The van der Waals surface area contributed by atoms with E-state index in [4.69, 9.17) is 11.6 Å². The molecule has 1 heterocycles. The zero-order chi connectivity index (χ0) is 8.72. The second kappa shape index (κ2) is 2.60. The SMILES string of the molecule is [O-][n+]1onc2ccc(Br)c(Cl)c21. The molecular weight excluding hydrogens is 247 g/mol. The van der Waals surface area contributed by atoms with E-state index in [0.717, 1.165) is 0 Å². The van der Waals surface area contributed by atoms with E-state index in [0.29, 0.717) is 15.0 Å². The molecule has 0 N–H and O–H groups in total. The van der Waals surface area contributed by atoms with Crippen LogP contribution in [0.3, 0.4) is 0 Å². The second-order valence-corrected chi connectivity index (χ2v) is 3.39. The molecule has 0 radical (unpaired) electrons. The fourth-order valence-corrected chi connectivity index (χ4v) is 1.45. The molecule has 0 atom stereocenters. The predicted molar refractivity (Wildman–Crippen MR) is 45.7 cm³/mol. The molecule has 62 valence electrons. The van der Waals surface area contributed by atoms with Gasteiger partial charge in [0.25, 0.3) is 0 Å². The highest BCUT2D eigenvalue weighted by atomic mass is 79.9. The van der Waals surface area contributed by atoms with Crippen LogP contribution in [0.15, 0.2) is 21.2 Å². The zero-order valence-corrected chi connectivity index (χ0v) is 7.96. The summed E-state index contributed by atoms with van der Waals surface area (Å²) in [6.07, 6.45) is 0. The van der Waals surface area contributed by atoms with Crippen LogP contribution in [0.1, 0.15) is 0 Å². The van der Waals surface area contributed by atoms with Crippen LogP contribution in [-0.4, -0.2) is 5.16 Å². The van der Waals surface area contributed by atoms with Crippen LogP contribution in [0.25, 0.3) is 11.0 Å². The highest BCUT2D eigenvalue weighted by Crippen LogP contribution is 2.27. The van der Waals surface area contributed by atoms with Gasteiger partial charge in [0.1, 0.15) is 5.02 Å². The lowest BCUT2D eigenvalue weighted by atomic mass is 10.3. The lowest BCUT2D eigenvalue weighted by Gasteiger charge is -1.92. The monoisotopic (exact) mass is 248 g/mol. The quantitative estimate of drug-likeness (QED) is 0.670. The van der Waals surface area contributed by atoms with Gasteiger partial charge in [-0.2, -0.15) is 0 Å². The van der Waals surface area contributed by atoms with Gasteiger partial charge in [0.2, 0.25) is 11.0 Å². The fourth-order valence-electron chi connectivity index (χ4n) is 0.899. The van der Waals surface area contributed by atoms with Crippen molar-refractivity contribution in [2.45, 2.75) is 0 Å². The molecule has 1 aromatic heterocycles. The van der Waals surface area contributed by atoms with Crippen LogP contribution < -0.4 is 4.90 Å². The Bertz CT molecular complexity index is 442. The predicted octanol–water partition coefficient (Wildman–Crippen LogP) is 1.88. The van der Waals surface area contributed by atoms with Crippen LogP contribution in [0.2, 0.25) is 5.02 Å². The summed E-state index contributed by atoms with van der Waals surface area (Å²) in [5, 5.41) is 14.7. The summed E-state index contributed by atoms with van der Waals surface area (Å²) in [7, 11) is 0. The van der Waals surface area contributed by atoms with E-state index in [1.54, 1.807) is 12.1 Å². The van der Waals surface area contributed by atoms with Gasteiger partial charge in [0, 0.05) is 9.63 Å². The Morgan fingerprint density at radius 3 is 3.08 bits per heavy atom. The minimum atomic E-state index is 0.242. The summed E-state index contributed by atoms with van der Waals surface area (Å²) in [6.45, 7) is 0. The van der Waals surface area contributed by atoms with E-state index in [2.05, 4.69) is 25.7 Å². The number of benzene rings is 1. The maximum atomic E-state index is 10.9. The van der Waals surface area contributed by atoms with E-state index in [1.807, 2.05) is 0 Å². The standard InChI is InChI=1S/C6H2BrClN2O2/c7-3-1-2-4-6(5(3)8)10(11)12-9-4/h1-2H. The first-order chi connectivity index (χ1) is 5.70. The van der Waals surface area contributed by atoms with Crippen molar-refractivity contribution in [2.75, 3.05) is 0 Å². The third-order valence-corrected chi connectivity index (χ3v) is 2.72. The van der Waals surface area contributed by atoms with Gasteiger partial charge >= 0.3 is 0 Å². The Morgan fingerprint density at radius 1 is 1.58 bits per heavy atom. The number of aromatic nitrogens is 2. The fraction of sp³-hybridized carbons (Fsp3) is 0. The van der Waals surface area contributed by atoms with Crippen molar-refractivity contribution in [3.63, 3.8) is 0 Å². The molecule has 1 aromatic carbocycles. The topological polar surface area (TPSA) is 53.0 Å². The first kappa shape index (κ1) is 7.82. The molecule has 0 saturated heterocycles. The summed E-state index contributed by atoms with van der Waals surface area (Å²) < 4.78 is 5.00. The van der Waals surface area contributed by atoms with Crippen molar-refractivity contribution in [1.82, 2.24) is 5.16 Å². The molecule has 0 spiro atoms. The van der Waals surface area contributed by atoms with Crippen LogP contribution >= 0.6 is 27.5 Å². The highest BCUT2D eigenvalue weighted by Gasteiger charge is 2.15. The molecule has 0 saturated carbocycles. The van der Waals surface area contributed by atoms with Crippen molar-refractivity contribution in [1.29, 1.82) is 0 Å². The zero-order valence-electron chi connectivity index (χ0n) is 5.62. The van der Waals surface area contributed by atoms with Crippen molar-refractivity contribution in [2.24, 2.45) is 0 Å². The average molecular weight is 249 g/mol. The molecule has 0 aliphatic carbocycles. The Labute approximate surface area is 80.4 Å². The maximum Gasteiger partial charge on any atom is 0.250 e. The minimum Gasteiger partial charge on any atom is -0.359 e. The van der Waals surface area contributed by atoms with Gasteiger partial charge in [-0.05, 0) is 33.0 Å². The van der Waals surface area contributed by atoms with Gasteiger partial charge in [0.15, 0.2) is 0 Å². The number of hydrogen-bond donors (Lipinski definition) is 0. The Hall–Kier alpha value is -0.810. The normalized spacial score (nSPS) is 10.8. The number of halogens is 2. The Morgan fingerprint density at radius 2 is 2.33 bits per heavy atom. The van der Waals surface area contributed by atoms with Crippen molar-refractivity contribution in [3.05, 3.63) is 26.8 Å². The van der Waals surface area contributed by atoms with Gasteiger partial charge < -0.3 is 5.21 Å². The van der Waals surface area contributed by atoms with Gasteiger partial charge in [-0.1, -0.05) is 11.6 Å². The molecule has 0 bridgehead atoms. The van der Waals surface area contributed by atoms with Gasteiger partial charge in [-0.3, -0.25) is 4.63 Å². The van der Waals surface area contributed by atoms with Crippen molar-refractivity contribution < 1.29 is 9.53 Å². The smallest absolute Gasteiger partial charge is 0.250 e. The largest absolute Gasteiger partial charge is 0.359 e. The molecule has 12 heavy (non-hydrogen) atoms. The molecule has 4 nitrogen and oxygen atoms in total. The number of hydrogen-bond acceptors (Lipinski definition) is 3. The van der Waals surface area contributed by atoms with Crippen LogP contribution in [0.5, 0.6) is 0 Å². The second-order valence-electron chi connectivity index (χ2n) is 2.16. The summed E-state index contributed by atoms with van der Waals surface area (Å²) in [6, 6.07) is 3.34. The minimum absolute atomic E-state index is 0.242. The first-order valence-corrected chi connectivity index (χ1v) is 4.20. The summed E-state index contributed by atoms with van der Waals surface area (Å²) >= 11 is 8.99. The molecule has 0 amide bonds. The van der Waals surface area contributed by atoms with Crippen molar-refractivity contribution >= 4 is 38.6 Å². The molecule has 0 fully saturated rings. The average Bonchev–Trinajstić information content (AvgIpc) is 2.41. The number of nitrogens with zero attached hydrogens (tertiary/aromatic N) is 2. The van der Waals surface area contributed by atoms with Crippen LogP contribution in [0, 0.1) is 5.21 Å². The molecule has 2 aromatic rings. The molecule has 2 rings (SSSR count). The molecule has 6 heteroatoms. The van der Waals surface area contributed by atoms with Crippen molar-refractivity contribution in [3.8, 4) is 0 Å². The summed E-state index contributed by atoms with van der Waals surface area (Å²) in [5.74, 6) is 0. The highest BCUT2D eigenvalue weighted by molar-refractivity contribution is 9.10. The summed E-state index contributed by atoms with van der Waals surface area (Å²) in [5.41, 5.74) is 0.684. The van der Waals surface area contributed by atoms with Crippen LogP contribution in [0.4, 0.5) is 0 Å². The third kappa shape index (κ3) is 0.971. The molecular formula is C6H2BrClN2O2. The van der Waals surface area contributed by atoms with E-state index in [-0.39, 0.29) is 10.4 Å².